The van der Waals surface area contributed by atoms with Gasteiger partial charge < -0.3 is 29.6 Å². The first-order valence-electron chi connectivity index (χ1n) is 7.53. The molecule has 1 aromatic heterocycles. The lowest BCUT2D eigenvalue weighted by Gasteiger charge is -2.14. The maximum absolute atomic E-state index is 13.0. The predicted octanol–water partition coefficient (Wildman–Crippen LogP) is 2.57. The predicted molar refractivity (Wildman–Crippen MR) is 82.7 cm³/mol. The van der Waals surface area contributed by atoms with Gasteiger partial charge in [-0.05, 0) is 24.3 Å². The number of urea groups is 1. The summed E-state index contributed by atoms with van der Waals surface area (Å²) in [5, 5.41) is 14.5. The number of carbonyl (C=O) groups is 1. The molecular formula is C16H16F2N2O5. The largest absolute Gasteiger partial charge is 0.586 e. The molecule has 2 amide bonds. The number of alkyl halides is 2. The third-order valence-corrected chi connectivity index (χ3v) is 3.54. The lowest BCUT2D eigenvalue weighted by molar-refractivity contribution is -0.286. The molecule has 3 N–H and O–H groups in total. The maximum atomic E-state index is 13.0. The van der Waals surface area contributed by atoms with E-state index in [0.717, 1.165) is 0 Å². The molecule has 1 aromatic carbocycles. The van der Waals surface area contributed by atoms with E-state index >= 15 is 0 Å². The number of aliphatic hydroxyl groups excluding tert-OH is 1. The molecule has 0 saturated carbocycles. The van der Waals surface area contributed by atoms with E-state index in [0.29, 0.717) is 12.2 Å². The molecular weight excluding hydrogens is 338 g/mol. The van der Waals surface area contributed by atoms with E-state index in [1.54, 1.807) is 12.1 Å². The SMILES string of the molecule is O=C(NCC(CO)Cc1ccco1)Nc1ccc2c(c1)OC(F)(F)O2. The summed E-state index contributed by atoms with van der Waals surface area (Å²) in [4.78, 5) is 11.9. The first-order chi connectivity index (χ1) is 11.9. The highest BCUT2D eigenvalue weighted by Crippen LogP contribution is 2.42. The van der Waals surface area contributed by atoms with Crippen LogP contribution < -0.4 is 20.1 Å². The molecule has 1 aliphatic heterocycles. The van der Waals surface area contributed by atoms with Crippen LogP contribution in [-0.2, 0) is 6.42 Å². The highest BCUT2D eigenvalue weighted by Gasteiger charge is 2.43. The summed E-state index contributed by atoms with van der Waals surface area (Å²) in [5.74, 6) is 0.230. The van der Waals surface area contributed by atoms with Crippen LogP contribution in [-0.4, -0.2) is 30.6 Å². The van der Waals surface area contributed by atoms with Crippen molar-refractivity contribution in [3.8, 4) is 11.5 Å². The Hall–Kier alpha value is -2.81. The number of furan rings is 1. The van der Waals surface area contributed by atoms with Crippen molar-refractivity contribution in [3.05, 3.63) is 42.4 Å². The first-order valence-corrected chi connectivity index (χ1v) is 7.53. The number of halogens is 2. The Bertz CT molecular complexity index is 736. The van der Waals surface area contributed by atoms with Gasteiger partial charge in [0.15, 0.2) is 11.5 Å². The van der Waals surface area contributed by atoms with Crippen LogP contribution in [0.2, 0.25) is 0 Å². The maximum Gasteiger partial charge on any atom is 0.586 e. The molecule has 1 aliphatic rings. The average molecular weight is 354 g/mol. The average Bonchev–Trinajstić information content (AvgIpc) is 3.16. The summed E-state index contributed by atoms with van der Waals surface area (Å²) < 4.78 is 39.7. The fraction of sp³-hybridized carbons (Fsp3) is 0.312. The van der Waals surface area contributed by atoms with Crippen LogP contribution in [0.4, 0.5) is 19.3 Å². The Morgan fingerprint density at radius 2 is 2.04 bits per heavy atom. The molecule has 0 spiro atoms. The molecule has 134 valence electrons. The van der Waals surface area contributed by atoms with Crippen molar-refractivity contribution < 1.29 is 32.6 Å². The molecule has 0 saturated heterocycles. The van der Waals surface area contributed by atoms with E-state index < -0.39 is 12.3 Å². The molecule has 1 unspecified atom stereocenters. The van der Waals surface area contributed by atoms with E-state index in [-0.39, 0.29) is 36.3 Å². The zero-order valence-corrected chi connectivity index (χ0v) is 13.0. The van der Waals surface area contributed by atoms with Gasteiger partial charge in [-0.1, -0.05) is 0 Å². The second-order valence-electron chi connectivity index (χ2n) is 5.50. The normalized spacial score (nSPS) is 15.6. The highest BCUT2D eigenvalue weighted by atomic mass is 19.3. The smallest absolute Gasteiger partial charge is 0.469 e. The monoisotopic (exact) mass is 354 g/mol. The van der Waals surface area contributed by atoms with Gasteiger partial charge in [0, 0.05) is 37.2 Å². The van der Waals surface area contributed by atoms with Gasteiger partial charge in [0.25, 0.3) is 0 Å². The highest BCUT2D eigenvalue weighted by molar-refractivity contribution is 5.89. The first kappa shape index (κ1) is 17.0. The number of ether oxygens (including phenoxy) is 2. The van der Waals surface area contributed by atoms with Crippen molar-refractivity contribution in [1.29, 1.82) is 0 Å². The van der Waals surface area contributed by atoms with Crippen molar-refractivity contribution in [2.75, 3.05) is 18.5 Å². The number of carbonyl (C=O) groups excluding carboxylic acids is 1. The number of hydrogen-bond acceptors (Lipinski definition) is 5. The molecule has 1 atom stereocenters. The second-order valence-corrected chi connectivity index (χ2v) is 5.50. The van der Waals surface area contributed by atoms with Crippen molar-refractivity contribution in [2.24, 2.45) is 5.92 Å². The van der Waals surface area contributed by atoms with Crippen LogP contribution in [0.1, 0.15) is 5.76 Å². The fourth-order valence-electron chi connectivity index (χ4n) is 2.35. The van der Waals surface area contributed by atoms with Gasteiger partial charge in [-0.15, -0.1) is 8.78 Å². The molecule has 0 radical (unpaired) electrons. The second kappa shape index (κ2) is 6.98. The topological polar surface area (TPSA) is 93.0 Å². The summed E-state index contributed by atoms with van der Waals surface area (Å²) in [5.41, 5.74) is 0.268. The number of fused-ring (bicyclic) bond motifs is 1. The third kappa shape index (κ3) is 4.38. The zero-order valence-electron chi connectivity index (χ0n) is 13.0. The van der Waals surface area contributed by atoms with Crippen LogP contribution in [0, 0.1) is 5.92 Å². The van der Waals surface area contributed by atoms with E-state index in [2.05, 4.69) is 20.1 Å². The quantitative estimate of drug-likeness (QED) is 0.741. The number of aliphatic hydroxyl groups is 1. The van der Waals surface area contributed by atoms with Crippen LogP contribution in [0.5, 0.6) is 11.5 Å². The van der Waals surface area contributed by atoms with Gasteiger partial charge >= 0.3 is 12.3 Å². The molecule has 0 fully saturated rings. The fourth-order valence-corrected chi connectivity index (χ4v) is 2.35. The van der Waals surface area contributed by atoms with Crippen molar-refractivity contribution in [2.45, 2.75) is 12.7 Å². The van der Waals surface area contributed by atoms with E-state index in [4.69, 9.17) is 4.42 Å². The number of nitrogens with one attached hydrogen (secondary N) is 2. The Labute approximate surface area is 141 Å². The summed E-state index contributed by atoms with van der Waals surface area (Å²) in [7, 11) is 0. The standard InChI is InChI=1S/C16H16F2N2O5/c17-16(18)24-13-4-3-11(7-14(13)25-16)20-15(22)19-8-10(9-21)6-12-2-1-5-23-12/h1-5,7,10,21H,6,8-9H2,(H2,19,20,22). The van der Waals surface area contributed by atoms with Crippen LogP contribution >= 0.6 is 0 Å². The number of anilines is 1. The summed E-state index contributed by atoms with van der Waals surface area (Å²) >= 11 is 0. The van der Waals surface area contributed by atoms with Crippen molar-refractivity contribution in [1.82, 2.24) is 5.32 Å². The molecule has 2 aromatic rings. The molecule has 0 bridgehead atoms. The third-order valence-electron chi connectivity index (χ3n) is 3.54. The number of amides is 2. The Morgan fingerprint density at radius 1 is 1.24 bits per heavy atom. The van der Waals surface area contributed by atoms with Crippen LogP contribution in [0.25, 0.3) is 0 Å². The lowest BCUT2D eigenvalue weighted by atomic mass is 10.1. The minimum Gasteiger partial charge on any atom is -0.469 e. The molecule has 25 heavy (non-hydrogen) atoms. The molecule has 3 rings (SSSR count). The molecule has 0 aliphatic carbocycles. The van der Waals surface area contributed by atoms with Gasteiger partial charge in [-0.2, -0.15) is 0 Å². The van der Waals surface area contributed by atoms with E-state index in [9.17, 15) is 18.7 Å². The van der Waals surface area contributed by atoms with E-state index in [1.165, 1.54) is 24.5 Å². The Morgan fingerprint density at radius 3 is 2.76 bits per heavy atom. The lowest BCUT2D eigenvalue weighted by Crippen LogP contribution is -2.34. The van der Waals surface area contributed by atoms with Gasteiger partial charge in [0.05, 0.1) is 6.26 Å². The minimum absolute atomic E-state index is 0.102. The summed E-state index contributed by atoms with van der Waals surface area (Å²) in [6.07, 6.45) is -1.70. The molecule has 9 heteroatoms. The van der Waals surface area contributed by atoms with Crippen LogP contribution in [0.3, 0.4) is 0 Å². The summed E-state index contributed by atoms with van der Waals surface area (Å²) in [6.45, 7) is 0.0890. The van der Waals surface area contributed by atoms with Crippen molar-refractivity contribution >= 4 is 11.7 Å². The number of rotatable bonds is 6. The van der Waals surface area contributed by atoms with Gasteiger partial charge in [-0.25, -0.2) is 4.79 Å². The van der Waals surface area contributed by atoms with Gasteiger partial charge in [0.1, 0.15) is 5.76 Å². The van der Waals surface area contributed by atoms with Gasteiger partial charge in [0.2, 0.25) is 0 Å². The molecule has 2 heterocycles. The molecule has 7 nitrogen and oxygen atoms in total. The zero-order chi connectivity index (χ0) is 17.9. The van der Waals surface area contributed by atoms with Gasteiger partial charge in [-0.3, -0.25) is 0 Å². The Kier molecular flexibility index (Phi) is 4.75. The number of benzene rings is 1. The summed E-state index contributed by atoms with van der Waals surface area (Å²) in [6, 6.07) is 6.92. The van der Waals surface area contributed by atoms with Crippen molar-refractivity contribution in [3.63, 3.8) is 0 Å². The minimum atomic E-state index is -3.70. The van der Waals surface area contributed by atoms with Crippen LogP contribution in [0.15, 0.2) is 41.0 Å². The van der Waals surface area contributed by atoms with E-state index in [1.807, 2.05) is 0 Å². The number of hydrogen-bond donors (Lipinski definition) is 3. The Balaban J connectivity index is 1.51.